The van der Waals surface area contributed by atoms with Gasteiger partial charge in [-0.2, -0.15) is 0 Å². The molecule has 2 N–H and O–H groups in total. The molecule has 1 heterocycles. The van der Waals surface area contributed by atoms with Crippen LogP contribution >= 0.6 is 0 Å². The lowest BCUT2D eigenvalue weighted by Crippen LogP contribution is -2.27. The largest absolute Gasteiger partial charge is 0.326 e. The van der Waals surface area contributed by atoms with Gasteiger partial charge in [0.15, 0.2) is 0 Å². The molecule has 1 aromatic carbocycles. The van der Waals surface area contributed by atoms with Crippen molar-refractivity contribution in [1.82, 2.24) is 4.57 Å². The number of aromatic nitrogens is 1. The third-order valence-corrected chi connectivity index (χ3v) is 3.49. The molecular weight excluding hydrogens is 236 g/mol. The van der Waals surface area contributed by atoms with Crippen molar-refractivity contribution >= 4 is 0 Å². The Morgan fingerprint density at radius 3 is 2.32 bits per heavy atom. The minimum Gasteiger partial charge on any atom is -0.326 e. The van der Waals surface area contributed by atoms with Crippen LogP contribution in [0.25, 0.3) is 11.3 Å². The van der Waals surface area contributed by atoms with Crippen LogP contribution in [0.5, 0.6) is 0 Å². The average molecular weight is 256 g/mol. The fourth-order valence-electron chi connectivity index (χ4n) is 2.34. The molecule has 0 radical (unpaired) electrons. The number of nitrogens with zero attached hydrogens (tertiary/aromatic N) is 1. The van der Waals surface area contributed by atoms with Gasteiger partial charge in [-0.25, -0.2) is 0 Å². The zero-order valence-corrected chi connectivity index (χ0v) is 11.7. The average Bonchev–Trinajstić information content (AvgIpc) is 2.39. The van der Waals surface area contributed by atoms with Crippen LogP contribution in [-0.2, 0) is 13.1 Å². The van der Waals surface area contributed by atoms with Crippen LogP contribution in [-0.4, -0.2) is 4.57 Å². The van der Waals surface area contributed by atoms with Crippen molar-refractivity contribution in [2.45, 2.75) is 33.9 Å². The predicted octanol–water partition coefficient (Wildman–Crippen LogP) is 2.61. The van der Waals surface area contributed by atoms with Gasteiger partial charge in [-0.15, -0.1) is 0 Å². The van der Waals surface area contributed by atoms with E-state index in [1.165, 1.54) is 5.56 Å². The van der Waals surface area contributed by atoms with Crippen LogP contribution in [0.3, 0.4) is 0 Å². The van der Waals surface area contributed by atoms with Crippen LogP contribution in [0.1, 0.15) is 23.6 Å². The third kappa shape index (κ3) is 2.47. The molecule has 0 unspecified atom stereocenters. The van der Waals surface area contributed by atoms with Crippen LogP contribution in [0, 0.1) is 13.8 Å². The number of aryl methyl sites for hydroxylation is 2. The first-order chi connectivity index (χ1) is 9.08. The second-order valence-electron chi connectivity index (χ2n) is 4.81. The van der Waals surface area contributed by atoms with Crippen molar-refractivity contribution in [3.05, 3.63) is 57.4 Å². The normalized spacial score (nSPS) is 10.7. The highest BCUT2D eigenvalue weighted by Gasteiger charge is 2.11. The van der Waals surface area contributed by atoms with Crippen molar-refractivity contribution < 1.29 is 0 Å². The van der Waals surface area contributed by atoms with Crippen LogP contribution < -0.4 is 11.3 Å². The zero-order valence-electron chi connectivity index (χ0n) is 11.7. The summed E-state index contributed by atoms with van der Waals surface area (Å²) in [6.45, 7) is 6.92. The molecule has 0 aliphatic rings. The summed E-state index contributed by atoms with van der Waals surface area (Å²) in [6.07, 6.45) is 0. The molecule has 0 aliphatic carbocycles. The monoisotopic (exact) mass is 256 g/mol. The van der Waals surface area contributed by atoms with Gasteiger partial charge in [0.25, 0.3) is 5.56 Å². The lowest BCUT2D eigenvalue weighted by Gasteiger charge is -2.15. The van der Waals surface area contributed by atoms with E-state index in [2.05, 4.69) is 37.3 Å². The van der Waals surface area contributed by atoms with Gasteiger partial charge in [-0.05, 0) is 38.0 Å². The summed E-state index contributed by atoms with van der Waals surface area (Å²) < 4.78 is 1.79. The van der Waals surface area contributed by atoms with Crippen molar-refractivity contribution in [2.75, 3.05) is 0 Å². The molecule has 1 aromatic heterocycles. The zero-order chi connectivity index (χ0) is 14.0. The highest BCUT2D eigenvalue weighted by Crippen LogP contribution is 2.21. The summed E-state index contributed by atoms with van der Waals surface area (Å²) in [5.74, 6) is 0. The van der Waals surface area contributed by atoms with E-state index in [0.29, 0.717) is 18.7 Å². The molecule has 100 valence electrons. The first-order valence-corrected chi connectivity index (χ1v) is 6.59. The van der Waals surface area contributed by atoms with Crippen molar-refractivity contribution in [2.24, 2.45) is 5.73 Å². The highest BCUT2D eigenvalue weighted by atomic mass is 16.1. The Morgan fingerprint density at radius 1 is 1.16 bits per heavy atom. The second-order valence-corrected chi connectivity index (χ2v) is 4.81. The Balaban J connectivity index is 2.70. The summed E-state index contributed by atoms with van der Waals surface area (Å²) in [7, 11) is 0. The Bertz CT molecular complexity index is 639. The minimum absolute atomic E-state index is 0.0283. The summed E-state index contributed by atoms with van der Waals surface area (Å²) in [5, 5.41) is 0. The van der Waals surface area contributed by atoms with E-state index in [4.69, 9.17) is 5.73 Å². The van der Waals surface area contributed by atoms with Crippen molar-refractivity contribution in [3.8, 4) is 11.3 Å². The molecule has 0 saturated heterocycles. The highest BCUT2D eigenvalue weighted by molar-refractivity contribution is 5.61. The molecular formula is C16H20N2O. The third-order valence-electron chi connectivity index (χ3n) is 3.49. The maximum Gasteiger partial charge on any atom is 0.255 e. The van der Waals surface area contributed by atoms with Gasteiger partial charge < -0.3 is 10.3 Å². The summed E-state index contributed by atoms with van der Waals surface area (Å²) in [6, 6.07) is 10.3. The van der Waals surface area contributed by atoms with Gasteiger partial charge in [0.2, 0.25) is 0 Å². The molecule has 3 nitrogen and oxygen atoms in total. The Kier molecular flexibility index (Phi) is 3.86. The predicted molar refractivity (Wildman–Crippen MR) is 79.2 cm³/mol. The first-order valence-electron chi connectivity index (χ1n) is 6.59. The molecule has 0 fully saturated rings. The number of rotatable bonds is 3. The molecule has 0 bridgehead atoms. The number of benzene rings is 1. The molecule has 2 rings (SSSR count). The Labute approximate surface area is 113 Å². The molecule has 2 aromatic rings. The van der Waals surface area contributed by atoms with E-state index in [-0.39, 0.29) is 5.56 Å². The lowest BCUT2D eigenvalue weighted by molar-refractivity contribution is 0.719. The number of hydrogen-bond acceptors (Lipinski definition) is 2. The fourth-order valence-corrected chi connectivity index (χ4v) is 2.34. The molecule has 0 aliphatic heterocycles. The lowest BCUT2D eigenvalue weighted by atomic mass is 10.0. The molecule has 0 saturated carbocycles. The topological polar surface area (TPSA) is 48.0 Å². The van der Waals surface area contributed by atoms with Gasteiger partial charge in [0.1, 0.15) is 0 Å². The quantitative estimate of drug-likeness (QED) is 0.917. The Hall–Kier alpha value is -1.87. The van der Waals surface area contributed by atoms with E-state index < -0.39 is 0 Å². The van der Waals surface area contributed by atoms with Gasteiger partial charge in [0, 0.05) is 18.7 Å². The standard InChI is InChI=1S/C16H20N2O/c1-4-18-15(13-7-5-11(2)6-8-13)9-12(3)14(10-17)16(18)19/h5-9H,4,10,17H2,1-3H3. The van der Waals surface area contributed by atoms with Crippen LogP contribution in [0.2, 0.25) is 0 Å². The molecule has 0 spiro atoms. The number of hydrogen-bond donors (Lipinski definition) is 1. The van der Waals surface area contributed by atoms with E-state index in [9.17, 15) is 4.79 Å². The summed E-state index contributed by atoms with van der Waals surface area (Å²) >= 11 is 0. The van der Waals surface area contributed by atoms with Gasteiger partial charge in [-0.3, -0.25) is 4.79 Å². The number of pyridine rings is 1. The summed E-state index contributed by atoms with van der Waals surface area (Å²) in [4.78, 5) is 12.4. The maximum atomic E-state index is 12.4. The van der Waals surface area contributed by atoms with E-state index in [1.807, 2.05) is 13.8 Å². The number of nitrogens with two attached hydrogens (primary N) is 1. The summed E-state index contributed by atoms with van der Waals surface area (Å²) in [5.41, 5.74) is 10.6. The van der Waals surface area contributed by atoms with Crippen LogP contribution in [0.4, 0.5) is 0 Å². The van der Waals surface area contributed by atoms with Gasteiger partial charge >= 0.3 is 0 Å². The smallest absolute Gasteiger partial charge is 0.255 e. The van der Waals surface area contributed by atoms with Gasteiger partial charge in [0.05, 0.1) is 5.69 Å². The van der Waals surface area contributed by atoms with Gasteiger partial charge in [-0.1, -0.05) is 29.8 Å². The van der Waals surface area contributed by atoms with E-state index in [1.54, 1.807) is 4.57 Å². The Morgan fingerprint density at radius 2 is 1.79 bits per heavy atom. The molecule has 0 amide bonds. The fraction of sp³-hybridized carbons (Fsp3) is 0.312. The van der Waals surface area contributed by atoms with Crippen molar-refractivity contribution in [1.29, 1.82) is 0 Å². The first kappa shape index (κ1) is 13.6. The molecule has 0 atom stereocenters. The second kappa shape index (κ2) is 5.41. The molecule has 19 heavy (non-hydrogen) atoms. The maximum absolute atomic E-state index is 12.4. The van der Waals surface area contributed by atoms with Crippen molar-refractivity contribution in [3.63, 3.8) is 0 Å². The minimum atomic E-state index is 0.0283. The van der Waals surface area contributed by atoms with E-state index in [0.717, 1.165) is 16.8 Å². The van der Waals surface area contributed by atoms with Crippen LogP contribution in [0.15, 0.2) is 35.1 Å². The SMILES string of the molecule is CCn1c(-c2ccc(C)cc2)cc(C)c(CN)c1=O. The van der Waals surface area contributed by atoms with E-state index >= 15 is 0 Å². The molecule has 3 heteroatoms.